The SMILES string of the molecule is CCCCCCCCCCCCCCCCCCC(CCCCCCCCCCCCCCCCCC)NC(=O)CCC(=O)NCCOCCC(C)(C)OCCC(C)(CC)OC. The van der Waals surface area contributed by atoms with E-state index in [4.69, 9.17) is 14.2 Å². The van der Waals surface area contributed by atoms with Crippen LogP contribution in [0.25, 0.3) is 0 Å². The van der Waals surface area contributed by atoms with Crippen molar-refractivity contribution in [2.24, 2.45) is 0 Å². The van der Waals surface area contributed by atoms with Crippen LogP contribution in [0.15, 0.2) is 0 Å². The van der Waals surface area contributed by atoms with Gasteiger partial charge in [0.15, 0.2) is 0 Å². The highest BCUT2D eigenvalue weighted by molar-refractivity contribution is 5.83. The summed E-state index contributed by atoms with van der Waals surface area (Å²) in [6.45, 7) is 15.1. The van der Waals surface area contributed by atoms with Gasteiger partial charge in [0, 0.05) is 39.1 Å². The van der Waals surface area contributed by atoms with E-state index in [9.17, 15) is 9.59 Å². The number of amides is 2. The maximum atomic E-state index is 13.0. The fourth-order valence-electron chi connectivity index (χ4n) is 8.50. The Hall–Kier alpha value is -1.18. The lowest BCUT2D eigenvalue weighted by atomic mass is 9.99. The normalized spacial score (nSPS) is 12.9. The molecule has 0 rings (SSSR count). The van der Waals surface area contributed by atoms with Gasteiger partial charge in [-0.3, -0.25) is 9.59 Å². The van der Waals surface area contributed by atoms with Crippen molar-refractivity contribution in [2.75, 3.05) is 33.5 Å². The van der Waals surface area contributed by atoms with E-state index < -0.39 is 0 Å². The van der Waals surface area contributed by atoms with E-state index in [1.165, 1.54) is 205 Å². The molecule has 0 heterocycles. The summed E-state index contributed by atoms with van der Waals surface area (Å²) in [6.07, 6.45) is 49.1. The highest BCUT2D eigenvalue weighted by Gasteiger charge is 2.24. The molecule has 1 unspecified atom stereocenters. The zero-order valence-corrected chi connectivity index (χ0v) is 43.0. The number of carbonyl (C=O) groups is 2. The Morgan fingerprint density at radius 2 is 0.839 bits per heavy atom. The zero-order chi connectivity index (χ0) is 45.7. The third-order valence-electron chi connectivity index (χ3n) is 13.5. The van der Waals surface area contributed by atoms with Gasteiger partial charge in [0.1, 0.15) is 0 Å². The molecule has 0 saturated heterocycles. The molecule has 0 aliphatic rings. The van der Waals surface area contributed by atoms with Crippen LogP contribution in [0.4, 0.5) is 0 Å². The van der Waals surface area contributed by atoms with E-state index in [2.05, 4.69) is 52.2 Å². The van der Waals surface area contributed by atoms with E-state index in [1.807, 2.05) is 0 Å². The van der Waals surface area contributed by atoms with Gasteiger partial charge in [-0.15, -0.1) is 0 Å². The van der Waals surface area contributed by atoms with Crippen molar-refractivity contribution in [3.8, 4) is 0 Å². The summed E-state index contributed by atoms with van der Waals surface area (Å²) in [6, 6.07) is 0.224. The first-order valence-electron chi connectivity index (χ1n) is 27.4. The van der Waals surface area contributed by atoms with E-state index >= 15 is 0 Å². The minimum Gasteiger partial charge on any atom is -0.380 e. The first-order chi connectivity index (χ1) is 30.1. The van der Waals surface area contributed by atoms with E-state index in [0.717, 1.165) is 32.1 Å². The largest absolute Gasteiger partial charge is 0.380 e. The minimum atomic E-state index is -0.283. The number of nitrogens with one attached hydrogen (secondary N) is 2. The molecule has 1 atom stereocenters. The van der Waals surface area contributed by atoms with Crippen LogP contribution in [0.5, 0.6) is 0 Å². The van der Waals surface area contributed by atoms with Crippen molar-refractivity contribution in [3.05, 3.63) is 0 Å². The minimum absolute atomic E-state index is 0.0152. The molecule has 7 heteroatoms. The summed E-state index contributed by atoms with van der Waals surface area (Å²) < 4.78 is 17.6. The van der Waals surface area contributed by atoms with Crippen molar-refractivity contribution in [2.45, 2.75) is 309 Å². The smallest absolute Gasteiger partial charge is 0.220 e. The number of carbonyl (C=O) groups excluding carboxylic acids is 2. The fraction of sp³-hybridized carbons (Fsp3) is 0.964. The van der Waals surface area contributed by atoms with Crippen LogP contribution in [0, 0.1) is 0 Å². The Morgan fingerprint density at radius 3 is 1.21 bits per heavy atom. The van der Waals surface area contributed by atoms with Crippen molar-refractivity contribution in [1.82, 2.24) is 10.6 Å². The van der Waals surface area contributed by atoms with Gasteiger partial charge in [-0.05, 0) is 52.9 Å². The van der Waals surface area contributed by atoms with Gasteiger partial charge in [0.2, 0.25) is 11.8 Å². The third kappa shape index (κ3) is 42.8. The Bertz CT molecular complexity index is 918. The fourth-order valence-corrected chi connectivity index (χ4v) is 8.50. The molecule has 2 N–H and O–H groups in total. The molecule has 0 aliphatic carbocycles. The van der Waals surface area contributed by atoms with Gasteiger partial charge >= 0.3 is 0 Å². The van der Waals surface area contributed by atoms with Gasteiger partial charge < -0.3 is 24.8 Å². The van der Waals surface area contributed by atoms with Crippen molar-refractivity contribution < 1.29 is 23.8 Å². The molecule has 0 aliphatic heterocycles. The first-order valence-corrected chi connectivity index (χ1v) is 27.4. The number of ether oxygens (including phenoxy) is 3. The summed E-state index contributed by atoms with van der Waals surface area (Å²) in [5.74, 6) is -0.0712. The quantitative estimate of drug-likeness (QED) is 0.0595. The summed E-state index contributed by atoms with van der Waals surface area (Å²) in [7, 11) is 1.76. The number of unbranched alkanes of at least 4 members (excludes halogenated alkanes) is 30. The average molecular weight is 879 g/mol. The van der Waals surface area contributed by atoms with Crippen LogP contribution in [0.3, 0.4) is 0 Å². The van der Waals surface area contributed by atoms with Gasteiger partial charge in [0.05, 0.1) is 24.4 Å². The number of rotatable bonds is 50. The molecule has 0 saturated carbocycles. The molecule has 7 nitrogen and oxygen atoms in total. The zero-order valence-electron chi connectivity index (χ0n) is 43.0. The van der Waals surface area contributed by atoms with Crippen LogP contribution in [0.1, 0.15) is 292 Å². The Labute approximate surface area is 387 Å². The highest BCUT2D eigenvalue weighted by atomic mass is 16.5. The summed E-state index contributed by atoms with van der Waals surface area (Å²) >= 11 is 0. The maximum absolute atomic E-state index is 13.0. The molecule has 370 valence electrons. The standard InChI is InChI=1S/C55H110N2O5/c1-8-11-13-15-17-19-21-23-25-27-29-31-33-35-37-39-41-51(42-40-38-36-34-32-30-28-26-24-22-20-18-16-14-12-9-2)57-53(59)44-43-52(58)56-47-50-61-48-45-54(4,5)62-49-46-55(6,10-3)60-7/h51H,8-50H2,1-7H3,(H,56,58)(H,57,59). The predicted molar refractivity (Wildman–Crippen MR) is 268 cm³/mol. The van der Waals surface area contributed by atoms with E-state index in [0.29, 0.717) is 26.4 Å². The molecular formula is C55H110N2O5. The third-order valence-corrected chi connectivity index (χ3v) is 13.5. The van der Waals surface area contributed by atoms with E-state index in [-0.39, 0.29) is 41.9 Å². The maximum Gasteiger partial charge on any atom is 0.220 e. The number of hydrogen-bond donors (Lipinski definition) is 2. The average Bonchev–Trinajstić information content (AvgIpc) is 3.26. The lowest BCUT2D eigenvalue weighted by molar-refractivity contribution is -0.127. The Morgan fingerprint density at radius 1 is 0.468 bits per heavy atom. The van der Waals surface area contributed by atoms with Gasteiger partial charge in [-0.25, -0.2) is 0 Å². The second kappa shape index (κ2) is 45.0. The number of methoxy groups -OCH3 is 1. The lowest BCUT2D eigenvalue weighted by Gasteiger charge is -2.30. The molecule has 0 aromatic carbocycles. The summed E-state index contributed by atoms with van der Waals surface area (Å²) in [4.78, 5) is 25.6. The molecule has 0 aromatic heterocycles. The summed E-state index contributed by atoms with van der Waals surface area (Å²) in [5.41, 5.74) is -0.432. The topological polar surface area (TPSA) is 85.9 Å². The van der Waals surface area contributed by atoms with Crippen LogP contribution in [0.2, 0.25) is 0 Å². The molecule has 0 spiro atoms. The molecule has 62 heavy (non-hydrogen) atoms. The molecule has 2 amide bonds. The second-order valence-corrected chi connectivity index (χ2v) is 20.0. The Kier molecular flexibility index (Phi) is 44.1. The second-order valence-electron chi connectivity index (χ2n) is 20.0. The van der Waals surface area contributed by atoms with Crippen molar-refractivity contribution in [1.29, 1.82) is 0 Å². The van der Waals surface area contributed by atoms with Crippen molar-refractivity contribution in [3.63, 3.8) is 0 Å². The van der Waals surface area contributed by atoms with E-state index in [1.54, 1.807) is 7.11 Å². The van der Waals surface area contributed by atoms with Crippen LogP contribution in [-0.2, 0) is 23.8 Å². The molecule has 0 radical (unpaired) electrons. The molecular weight excluding hydrogens is 769 g/mol. The Balaban J connectivity index is 4.34. The van der Waals surface area contributed by atoms with Crippen LogP contribution >= 0.6 is 0 Å². The van der Waals surface area contributed by atoms with Gasteiger partial charge in [-0.2, -0.15) is 0 Å². The van der Waals surface area contributed by atoms with Crippen LogP contribution < -0.4 is 10.6 Å². The van der Waals surface area contributed by atoms with Crippen molar-refractivity contribution >= 4 is 11.8 Å². The lowest BCUT2D eigenvalue weighted by Crippen LogP contribution is -2.36. The highest BCUT2D eigenvalue weighted by Crippen LogP contribution is 2.22. The van der Waals surface area contributed by atoms with Gasteiger partial charge in [-0.1, -0.05) is 226 Å². The summed E-state index contributed by atoms with van der Waals surface area (Å²) in [5, 5.41) is 6.28. The van der Waals surface area contributed by atoms with Gasteiger partial charge in [0.25, 0.3) is 0 Å². The monoisotopic (exact) mass is 879 g/mol. The number of hydrogen-bond acceptors (Lipinski definition) is 5. The molecule has 0 bridgehead atoms. The first kappa shape index (κ1) is 60.8. The van der Waals surface area contributed by atoms with Crippen LogP contribution in [-0.4, -0.2) is 62.5 Å². The molecule has 0 fully saturated rings. The molecule has 0 aromatic rings. The predicted octanol–water partition coefficient (Wildman–Crippen LogP) is 16.1.